The van der Waals surface area contributed by atoms with Gasteiger partial charge in [-0.1, -0.05) is 6.07 Å². The molecule has 0 fully saturated rings. The first-order valence-electron chi connectivity index (χ1n) is 8.08. The van der Waals surface area contributed by atoms with Gasteiger partial charge in [-0.05, 0) is 43.7 Å². The van der Waals surface area contributed by atoms with E-state index in [1.54, 1.807) is 26.5 Å². The average Bonchev–Trinajstić information content (AvgIpc) is 2.62. The molecule has 0 saturated carbocycles. The standard InChI is InChI=1S/C19H24N2O4/c1-13-5-6-16(12-20-13)19(22)21-14(2)15-7-8-17(18(11-15)24-4)25-10-9-23-3/h5-8,11-12,14H,9-10H2,1-4H3,(H,21,22)/t14-/m0/s1. The van der Waals surface area contributed by atoms with Crippen LogP contribution >= 0.6 is 0 Å². The van der Waals surface area contributed by atoms with Crippen LogP contribution < -0.4 is 14.8 Å². The van der Waals surface area contributed by atoms with Gasteiger partial charge in [-0.2, -0.15) is 0 Å². The number of pyridine rings is 1. The SMILES string of the molecule is COCCOc1ccc([C@H](C)NC(=O)c2ccc(C)nc2)cc1OC. The molecule has 6 heteroatoms. The molecule has 1 heterocycles. The molecule has 0 bridgehead atoms. The Morgan fingerprint density at radius 1 is 1.16 bits per heavy atom. The van der Waals surface area contributed by atoms with Crippen molar-refractivity contribution in [2.75, 3.05) is 27.4 Å². The fraction of sp³-hybridized carbons (Fsp3) is 0.368. The van der Waals surface area contributed by atoms with E-state index < -0.39 is 0 Å². The normalized spacial score (nSPS) is 11.7. The minimum atomic E-state index is -0.185. The van der Waals surface area contributed by atoms with Gasteiger partial charge < -0.3 is 19.5 Å². The number of amides is 1. The summed E-state index contributed by atoms with van der Waals surface area (Å²) in [5.41, 5.74) is 2.33. The molecule has 0 aliphatic rings. The molecule has 2 rings (SSSR count). The van der Waals surface area contributed by atoms with Crippen molar-refractivity contribution in [1.82, 2.24) is 10.3 Å². The number of aryl methyl sites for hydroxylation is 1. The fourth-order valence-electron chi connectivity index (χ4n) is 2.27. The molecule has 0 unspecified atom stereocenters. The van der Waals surface area contributed by atoms with Crippen LogP contribution in [0.1, 0.15) is 34.6 Å². The Kier molecular flexibility index (Phi) is 6.77. The molecule has 134 valence electrons. The van der Waals surface area contributed by atoms with Crippen molar-refractivity contribution in [2.24, 2.45) is 0 Å². The maximum absolute atomic E-state index is 12.3. The van der Waals surface area contributed by atoms with Crippen LogP contribution in [0.3, 0.4) is 0 Å². The van der Waals surface area contributed by atoms with Crippen LogP contribution in [0.15, 0.2) is 36.5 Å². The third-order valence-electron chi connectivity index (χ3n) is 3.75. The summed E-state index contributed by atoms with van der Waals surface area (Å²) in [6, 6.07) is 8.99. The number of nitrogens with zero attached hydrogens (tertiary/aromatic N) is 1. The third-order valence-corrected chi connectivity index (χ3v) is 3.75. The minimum Gasteiger partial charge on any atom is -0.493 e. The molecule has 6 nitrogen and oxygen atoms in total. The molecule has 1 atom stereocenters. The Labute approximate surface area is 148 Å². The quantitative estimate of drug-likeness (QED) is 0.746. The summed E-state index contributed by atoms with van der Waals surface area (Å²) in [7, 11) is 3.21. The third kappa shape index (κ3) is 5.19. The first kappa shape index (κ1) is 18.7. The lowest BCUT2D eigenvalue weighted by Crippen LogP contribution is -2.26. The lowest BCUT2D eigenvalue weighted by Gasteiger charge is -2.17. The van der Waals surface area contributed by atoms with Gasteiger partial charge in [-0.3, -0.25) is 9.78 Å². The van der Waals surface area contributed by atoms with Gasteiger partial charge in [0.25, 0.3) is 5.91 Å². The van der Waals surface area contributed by atoms with Crippen molar-refractivity contribution >= 4 is 5.91 Å². The highest BCUT2D eigenvalue weighted by atomic mass is 16.5. The average molecular weight is 344 g/mol. The minimum absolute atomic E-state index is 0.167. The summed E-state index contributed by atoms with van der Waals surface area (Å²) < 4.78 is 16.0. The van der Waals surface area contributed by atoms with E-state index in [0.29, 0.717) is 30.3 Å². The number of hydrogen-bond donors (Lipinski definition) is 1. The zero-order valence-electron chi connectivity index (χ0n) is 15.0. The topological polar surface area (TPSA) is 69.7 Å². The lowest BCUT2D eigenvalue weighted by molar-refractivity contribution is 0.0939. The van der Waals surface area contributed by atoms with Crippen LogP contribution in [-0.4, -0.2) is 38.3 Å². The fourth-order valence-corrected chi connectivity index (χ4v) is 2.27. The molecule has 1 aromatic heterocycles. The van der Waals surface area contributed by atoms with Gasteiger partial charge in [0.15, 0.2) is 11.5 Å². The van der Waals surface area contributed by atoms with Gasteiger partial charge in [0, 0.05) is 19.0 Å². The summed E-state index contributed by atoms with van der Waals surface area (Å²) in [5.74, 6) is 1.09. The van der Waals surface area contributed by atoms with E-state index in [1.807, 2.05) is 38.1 Å². The van der Waals surface area contributed by atoms with E-state index in [2.05, 4.69) is 10.3 Å². The molecule has 1 amide bonds. The maximum Gasteiger partial charge on any atom is 0.253 e. The highest BCUT2D eigenvalue weighted by Crippen LogP contribution is 2.30. The smallest absolute Gasteiger partial charge is 0.253 e. The summed E-state index contributed by atoms with van der Waals surface area (Å²) >= 11 is 0. The van der Waals surface area contributed by atoms with E-state index in [-0.39, 0.29) is 11.9 Å². The summed E-state index contributed by atoms with van der Waals surface area (Å²) in [5, 5.41) is 2.96. The van der Waals surface area contributed by atoms with Gasteiger partial charge in [-0.25, -0.2) is 0 Å². The van der Waals surface area contributed by atoms with Crippen LogP contribution in [0.5, 0.6) is 11.5 Å². The largest absolute Gasteiger partial charge is 0.493 e. The molecule has 2 aromatic rings. The Hall–Kier alpha value is -2.60. The highest BCUT2D eigenvalue weighted by molar-refractivity contribution is 5.94. The molecule has 1 aromatic carbocycles. The Morgan fingerprint density at radius 2 is 1.96 bits per heavy atom. The van der Waals surface area contributed by atoms with Crippen LogP contribution in [0.25, 0.3) is 0 Å². The van der Waals surface area contributed by atoms with E-state index in [9.17, 15) is 4.79 Å². The number of carbonyl (C=O) groups is 1. The van der Waals surface area contributed by atoms with Gasteiger partial charge in [0.2, 0.25) is 0 Å². The van der Waals surface area contributed by atoms with Crippen molar-refractivity contribution in [3.05, 3.63) is 53.3 Å². The molecular weight excluding hydrogens is 320 g/mol. The molecule has 0 aliphatic carbocycles. The number of methoxy groups -OCH3 is 2. The van der Waals surface area contributed by atoms with Crippen molar-refractivity contribution in [2.45, 2.75) is 19.9 Å². The van der Waals surface area contributed by atoms with Crippen molar-refractivity contribution < 1.29 is 19.0 Å². The second-order valence-electron chi connectivity index (χ2n) is 5.63. The van der Waals surface area contributed by atoms with Crippen LogP contribution in [0.4, 0.5) is 0 Å². The number of ether oxygens (including phenoxy) is 3. The van der Waals surface area contributed by atoms with Crippen LogP contribution in [0.2, 0.25) is 0 Å². The number of carbonyl (C=O) groups excluding carboxylic acids is 1. The number of benzene rings is 1. The molecule has 25 heavy (non-hydrogen) atoms. The van der Waals surface area contributed by atoms with Crippen molar-refractivity contribution in [3.63, 3.8) is 0 Å². The first-order chi connectivity index (χ1) is 12.0. The van der Waals surface area contributed by atoms with Gasteiger partial charge in [-0.15, -0.1) is 0 Å². The van der Waals surface area contributed by atoms with E-state index in [4.69, 9.17) is 14.2 Å². The van der Waals surface area contributed by atoms with Crippen molar-refractivity contribution in [3.8, 4) is 11.5 Å². The zero-order valence-corrected chi connectivity index (χ0v) is 15.0. The molecule has 0 aliphatic heterocycles. The first-order valence-corrected chi connectivity index (χ1v) is 8.08. The Morgan fingerprint density at radius 3 is 2.60 bits per heavy atom. The maximum atomic E-state index is 12.3. The molecule has 0 spiro atoms. The molecule has 0 saturated heterocycles. The van der Waals surface area contributed by atoms with Gasteiger partial charge >= 0.3 is 0 Å². The molecule has 0 radical (unpaired) electrons. The van der Waals surface area contributed by atoms with E-state index >= 15 is 0 Å². The Bertz CT molecular complexity index is 701. The predicted molar refractivity (Wildman–Crippen MR) is 95.2 cm³/mol. The summed E-state index contributed by atoms with van der Waals surface area (Å²) in [6.07, 6.45) is 1.57. The second kappa shape index (κ2) is 9.03. The monoisotopic (exact) mass is 344 g/mol. The van der Waals surface area contributed by atoms with E-state index in [1.165, 1.54) is 0 Å². The summed E-state index contributed by atoms with van der Waals surface area (Å²) in [6.45, 7) is 4.74. The molecule has 1 N–H and O–H groups in total. The number of nitrogens with one attached hydrogen (secondary N) is 1. The van der Waals surface area contributed by atoms with Gasteiger partial charge in [0.1, 0.15) is 6.61 Å². The lowest BCUT2D eigenvalue weighted by atomic mass is 10.1. The number of rotatable bonds is 8. The second-order valence-corrected chi connectivity index (χ2v) is 5.63. The Balaban J connectivity index is 2.06. The zero-order chi connectivity index (χ0) is 18.2. The molecular formula is C19H24N2O4. The number of hydrogen-bond acceptors (Lipinski definition) is 5. The van der Waals surface area contributed by atoms with Crippen molar-refractivity contribution in [1.29, 1.82) is 0 Å². The van der Waals surface area contributed by atoms with Crippen LogP contribution in [-0.2, 0) is 4.74 Å². The predicted octanol–water partition coefficient (Wildman–Crippen LogP) is 2.91. The van der Waals surface area contributed by atoms with E-state index in [0.717, 1.165) is 11.3 Å². The number of aromatic nitrogens is 1. The summed E-state index contributed by atoms with van der Waals surface area (Å²) in [4.78, 5) is 16.5. The van der Waals surface area contributed by atoms with Gasteiger partial charge in [0.05, 0.1) is 25.3 Å². The van der Waals surface area contributed by atoms with Crippen LogP contribution in [0, 0.1) is 6.92 Å². The highest BCUT2D eigenvalue weighted by Gasteiger charge is 2.14.